The van der Waals surface area contributed by atoms with Crippen LogP contribution >= 0.6 is 11.6 Å². The first-order valence-corrected chi connectivity index (χ1v) is 12.0. The molecule has 0 bridgehead atoms. The van der Waals surface area contributed by atoms with E-state index >= 15 is 0 Å². The third-order valence-corrected chi connectivity index (χ3v) is 6.24. The molecule has 5 unspecified atom stereocenters. The summed E-state index contributed by atoms with van der Waals surface area (Å²) in [5, 5.41) is 8.75. The van der Waals surface area contributed by atoms with E-state index in [4.69, 9.17) is 25.8 Å². The maximum Gasteiger partial charge on any atom is 0.408 e. The van der Waals surface area contributed by atoms with Crippen LogP contribution in [0.3, 0.4) is 0 Å². The molecule has 0 radical (unpaired) electrons. The van der Waals surface area contributed by atoms with Crippen molar-refractivity contribution in [3.63, 3.8) is 0 Å². The molecule has 2 saturated carbocycles. The lowest BCUT2D eigenvalue weighted by molar-refractivity contribution is -0.153. The number of esters is 2. The zero-order valence-corrected chi connectivity index (χ0v) is 21.2. The van der Waals surface area contributed by atoms with E-state index in [9.17, 15) is 19.2 Å². The summed E-state index contributed by atoms with van der Waals surface area (Å²) in [6.45, 7) is 8.67. The minimum absolute atomic E-state index is 0.0321. The monoisotopic (exact) mass is 509 g/mol. The van der Waals surface area contributed by atoms with Crippen molar-refractivity contribution in [1.29, 1.82) is 0 Å². The molecule has 5 atom stereocenters. The number of alkyl carbamates (subject to hydrolysis) is 1. The Hall–Kier alpha value is -3.01. The Kier molecular flexibility index (Phi) is 7.83. The lowest BCUT2D eigenvalue weighted by Gasteiger charge is -2.33. The number of rotatable bonds is 7. The topological polar surface area (TPSA) is 132 Å². The minimum atomic E-state index is -1.56. The van der Waals surface area contributed by atoms with Crippen LogP contribution in [0.4, 0.5) is 15.3 Å². The number of nitrogens with one attached hydrogen (secondary N) is 3. The SMILES string of the molecule is CCOC(=O)C1C2C(NC(=O)Nc3ccc(Cl)cc3)CC(NC(=O)OC(C)(C)C)(C(=O)OCC)C12. The number of halogens is 1. The van der Waals surface area contributed by atoms with Crippen LogP contribution in [0.5, 0.6) is 0 Å². The molecule has 11 heteroatoms. The summed E-state index contributed by atoms with van der Waals surface area (Å²) < 4.78 is 15.9. The van der Waals surface area contributed by atoms with Gasteiger partial charge in [-0.1, -0.05) is 11.6 Å². The molecule has 2 aliphatic carbocycles. The number of hydrogen-bond acceptors (Lipinski definition) is 7. The van der Waals surface area contributed by atoms with Gasteiger partial charge in [0.05, 0.1) is 19.1 Å². The van der Waals surface area contributed by atoms with Gasteiger partial charge in [0.2, 0.25) is 0 Å². The molecule has 10 nitrogen and oxygen atoms in total. The fourth-order valence-corrected chi connectivity index (χ4v) is 4.92. The van der Waals surface area contributed by atoms with Gasteiger partial charge in [0.1, 0.15) is 11.1 Å². The summed E-state index contributed by atoms with van der Waals surface area (Å²) in [6, 6.07) is 5.42. The highest BCUT2D eigenvalue weighted by molar-refractivity contribution is 6.30. The highest BCUT2D eigenvalue weighted by Crippen LogP contribution is 2.63. The Morgan fingerprint density at radius 3 is 2.26 bits per heavy atom. The molecule has 3 rings (SSSR count). The van der Waals surface area contributed by atoms with Gasteiger partial charge in [-0.15, -0.1) is 0 Å². The first-order chi connectivity index (χ1) is 16.4. The van der Waals surface area contributed by atoms with Crippen LogP contribution in [0.25, 0.3) is 0 Å². The predicted octanol–water partition coefficient (Wildman–Crippen LogP) is 3.49. The van der Waals surface area contributed by atoms with Crippen molar-refractivity contribution in [2.75, 3.05) is 18.5 Å². The summed E-state index contributed by atoms with van der Waals surface area (Å²) in [5.74, 6) is -2.91. The molecule has 0 aromatic heterocycles. The summed E-state index contributed by atoms with van der Waals surface area (Å²) in [4.78, 5) is 51.4. The molecule has 1 aromatic rings. The van der Waals surface area contributed by atoms with Crippen molar-refractivity contribution in [2.24, 2.45) is 17.8 Å². The summed E-state index contributed by atoms with van der Waals surface area (Å²) in [7, 11) is 0. The van der Waals surface area contributed by atoms with Crippen LogP contribution in [-0.2, 0) is 23.8 Å². The van der Waals surface area contributed by atoms with Gasteiger partial charge in [-0.3, -0.25) is 4.79 Å². The molecule has 192 valence electrons. The highest BCUT2D eigenvalue weighted by Gasteiger charge is 2.76. The average molecular weight is 510 g/mol. The molecule has 35 heavy (non-hydrogen) atoms. The molecule has 0 saturated heterocycles. The van der Waals surface area contributed by atoms with Crippen molar-refractivity contribution < 1.29 is 33.4 Å². The number of ether oxygens (including phenoxy) is 3. The summed E-state index contributed by atoms with van der Waals surface area (Å²) >= 11 is 5.89. The largest absolute Gasteiger partial charge is 0.466 e. The molecule has 0 heterocycles. The van der Waals surface area contributed by atoms with Crippen LogP contribution in [0.2, 0.25) is 5.02 Å². The fraction of sp³-hybridized carbons (Fsp3) is 0.583. The quantitative estimate of drug-likeness (QED) is 0.378. The lowest BCUT2D eigenvalue weighted by Crippen LogP contribution is -2.59. The molecule has 2 fully saturated rings. The van der Waals surface area contributed by atoms with E-state index < -0.39 is 59.0 Å². The second kappa shape index (κ2) is 10.3. The molecule has 2 aliphatic rings. The van der Waals surface area contributed by atoms with Crippen molar-refractivity contribution in [1.82, 2.24) is 10.6 Å². The molecular formula is C24H32ClN3O7. The van der Waals surface area contributed by atoms with E-state index in [2.05, 4.69) is 16.0 Å². The molecule has 0 spiro atoms. The van der Waals surface area contributed by atoms with Gasteiger partial charge in [0, 0.05) is 29.1 Å². The zero-order chi connectivity index (χ0) is 26.0. The average Bonchev–Trinajstić information content (AvgIpc) is 3.42. The number of fused-ring (bicyclic) bond motifs is 1. The van der Waals surface area contributed by atoms with Gasteiger partial charge in [-0.2, -0.15) is 0 Å². The molecule has 0 aliphatic heterocycles. The van der Waals surface area contributed by atoms with Crippen molar-refractivity contribution in [2.45, 2.75) is 58.2 Å². The Morgan fingerprint density at radius 1 is 1.06 bits per heavy atom. The first kappa shape index (κ1) is 26.6. The van der Waals surface area contributed by atoms with E-state index in [1.54, 1.807) is 58.9 Å². The summed E-state index contributed by atoms with van der Waals surface area (Å²) in [5.41, 5.74) is -1.85. The van der Waals surface area contributed by atoms with E-state index in [0.29, 0.717) is 10.7 Å². The third kappa shape index (κ3) is 5.98. The van der Waals surface area contributed by atoms with Gasteiger partial charge in [0.25, 0.3) is 0 Å². The van der Waals surface area contributed by atoms with Gasteiger partial charge >= 0.3 is 24.1 Å². The maximum absolute atomic E-state index is 13.2. The Balaban J connectivity index is 1.86. The summed E-state index contributed by atoms with van der Waals surface area (Å²) in [6.07, 6.45) is -0.783. The van der Waals surface area contributed by atoms with Gasteiger partial charge in [-0.05, 0) is 64.8 Å². The van der Waals surface area contributed by atoms with Crippen LogP contribution in [0, 0.1) is 17.8 Å². The van der Waals surface area contributed by atoms with E-state index in [1.165, 1.54) is 0 Å². The third-order valence-electron chi connectivity index (χ3n) is 5.99. The number of benzene rings is 1. The maximum atomic E-state index is 13.2. The molecule has 3 amide bonds. The van der Waals surface area contributed by atoms with E-state index in [1.807, 2.05) is 0 Å². The van der Waals surface area contributed by atoms with E-state index in [0.717, 1.165) is 0 Å². The predicted molar refractivity (Wildman–Crippen MR) is 128 cm³/mol. The Labute approximate surface area is 209 Å². The van der Waals surface area contributed by atoms with Gasteiger partial charge in [-0.25, -0.2) is 14.4 Å². The number of carbonyl (C=O) groups is 4. The zero-order valence-electron chi connectivity index (χ0n) is 20.5. The smallest absolute Gasteiger partial charge is 0.408 e. The standard InChI is InChI=1S/C24H32ClN3O7/c1-6-33-19(29)17-16-15(27-21(31)26-14-10-8-13(25)9-11-14)12-24(18(16)17,20(30)34-7-2)28-22(32)35-23(3,4)5/h8-11,15-18H,6-7,12H2,1-5H3,(H,28,32)(H2,26,27,31). The number of urea groups is 1. The number of carbonyl (C=O) groups excluding carboxylic acids is 4. The second-order valence-electron chi connectivity index (χ2n) is 9.62. The van der Waals surface area contributed by atoms with Gasteiger partial charge in [0.15, 0.2) is 0 Å². The van der Waals surface area contributed by atoms with E-state index in [-0.39, 0.29) is 19.6 Å². The number of amides is 3. The number of hydrogen-bond donors (Lipinski definition) is 3. The Morgan fingerprint density at radius 2 is 1.69 bits per heavy atom. The molecule has 1 aromatic carbocycles. The highest BCUT2D eigenvalue weighted by atomic mass is 35.5. The molecule has 3 N–H and O–H groups in total. The lowest BCUT2D eigenvalue weighted by atomic mass is 9.89. The fourth-order valence-electron chi connectivity index (χ4n) is 4.80. The Bertz CT molecular complexity index is 978. The van der Waals surface area contributed by atoms with Crippen LogP contribution in [-0.4, -0.2) is 54.5 Å². The van der Waals surface area contributed by atoms with Crippen LogP contribution in [0.15, 0.2) is 24.3 Å². The van der Waals surface area contributed by atoms with Crippen LogP contribution in [0.1, 0.15) is 41.0 Å². The first-order valence-electron chi connectivity index (χ1n) is 11.6. The second-order valence-corrected chi connectivity index (χ2v) is 10.1. The van der Waals surface area contributed by atoms with Crippen molar-refractivity contribution in [3.8, 4) is 0 Å². The van der Waals surface area contributed by atoms with Crippen LogP contribution < -0.4 is 16.0 Å². The van der Waals surface area contributed by atoms with Gasteiger partial charge < -0.3 is 30.2 Å². The number of anilines is 1. The van der Waals surface area contributed by atoms with Crippen molar-refractivity contribution in [3.05, 3.63) is 29.3 Å². The normalized spacial score (nSPS) is 26.7. The van der Waals surface area contributed by atoms with Crippen molar-refractivity contribution >= 4 is 41.4 Å². The minimum Gasteiger partial charge on any atom is -0.466 e. The molecular weight excluding hydrogens is 478 g/mol.